The van der Waals surface area contributed by atoms with Gasteiger partial charge in [0.2, 0.25) is 11.8 Å². The molecule has 5 nitrogen and oxygen atoms in total. The number of hydrogen-bond donors (Lipinski definition) is 0. The van der Waals surface area contributed by atoms with Crippen molar-refractivity contribution in [1.29, 1.82) is 0 Å². The maximum Gasteiger partial charge on any atom is 0.238 e. The van der Waals surface area contributed by atoms with Gasteiger partial charge in [-0.25, -0.2) is 0 Å². The number of benzene rings is 2. The molecular weight excluding hydrogens is 342 g/mol. The Labute approximate surface area is 158 Å². The van der Waals surface area contributed by atoms with Crippen LogP contribution in [0.15, 0.2) is 60.7 Å². The fourth-order valence-electron chi connectivity index (χ4n) is 3.90. The molecular formula is C22H21NO4. The average Bonchev–Trinajstić information content (AvgIpc) is 2.95. The van der Waals surface area contributed by atoms with Crippen molar-refractivity contribution < 1.29 is 19.1 Å². The molecule has 0 N–H and O–H groups in total. The first kappa shape index (κ1) is 17.3. The lowest BCUT2D eigenvalue weighted by Gasteiger charge is -2.22. The van der Waals surface area contributed by atoms with E-state index >= 15 is 0 Å². The number of anilines is 1. The zero-order chi connectivity index (χ0) is 19.0. The summed E-state index contributed by atoms with van der Waals surface area (Å²) in [5, 5.41) is 0. The molecule has 2 amide bonds. The van der Waals surface area contributed by atoms with E-state index in [-0.39, 0.29) is 29.6 Å². The topological polar surface area (TPSA) is 55.8 Å². The van der Waals surface area contributed by atoms with E-state index in [1.807, 2.05) is 43.3 Å². The minimum absolute atomic E-state index is 0.0818. The van der Waals surface area contributed by atoms with Crippen molar-refractivity contribution in [3.8, 4) is 17.2 Å². The molecule has 138 valence electrons. The van der Waals surface area contributed by atoms with Crippen molar-refractivity contribution in [2.24, 2.45) is 17.8 Å². The van der Waals surface area contributed by atoms with Crippen LogP contribution in [-0.2, 0) is 9.59 Å². The van der Waals surface area contributed by atoms with Gasteiger partial charge in [-0.3, -0.25) is 14.5 Å². The molecule has 3 atom stereocenters. The molecule has 0 bridgehead atoms. The molecule has 0 aromatic heterocycles. The first-order chi connectivity index (χ1) is 13.1. The third kappa shape index (κ3) is 2.99. The lowest BCUT2D eigenvalue weighted by atomic mass is 9.78. The van der Waals surface area contributed by atoms with Gasteiger partial charge in [-0.1, -0.05) is 31.2 Å². The Morgan fingerprint density at radius 3 is 2.33 bits per heavy atom. The van der Waals surface area contributed by atoms with Crippen molar-refractivity contribution in [1.82, 2.24) is 0 Å². The SMILES string of the molecule is COc1ccccc1Oc1ccc(N2C(=O)[C@H]3[C@@H](C)C=CC[C@H]3C2=O)cc1. The van der Waals surface area contributed by atoms with Gasteiger partial charge in [0.1, 0.15) is 5.75 Å². The molecule has 1 aliphatic heterocycles. The van der Waals surface area contributed by atoms with E-state index in [1.54, 1.807) is 31.4 Å². The van der Waals surface area contributed by atoms with Crippen LogP contribution in [0.1, 0.15) is 13.3 Å². The Kier molecular flexibility index (Phi) is 4.44. The molecule has 1 aliphatic carbocycles. The lowest BCUT2D eigenvalue weighted by molar-refractivity contribution is -0.122. The van der Waals surface area contributed by atoms with Crippen LogP contribution in [0, 0.1) is 17.8 Å². The molecule has 5 heteroatoms. The van der Waals surface area contributed by atoms with Gasteiger partial charge in [-0.2, -0.15) is 0 Å². The number of carbonyl (C=O) groups is 2. The number of nitrogens with zero attached hydrogens (tertiary/aromatic N) is 1. The van der Waals surface area contributed by atoms with Crippen LogP contribution < -0.4 is 14.4 Å². The summed E-state index contributed by atoms with van der Waals surface area (Å²) in [7, 11) is 1.59. The number of hydrogen-bond acceptors (Lipinski definition) is 4. The van der Waals surface area contributed by atoms with Crippen LogP contribution in [0.25, 0.3) is 0 Å². The summed E-state index contributed by atoms with van der Waals surface area (Å²) in [6.07, 6.45) is 4.66. The molecule has 0 saturated carbocycles. The van der Waals surface area contributed by atoms with Gasteiger partial charge in [0, 0.05) is 0 Å². The number of imide groups is 1. The molecule has 2 aliphatic rings. The molecule has 1 saturated heterocycles. The number of para-hydroxylation sites is 2. The quantitative estimate of drug-likeness (QED) is 0.604. The first-order valence-corrected chi connectivity index (χ1v) is 9.05. The highest BCUT2D eigenvalue weighted by Crippen LogP contribution is 2.41. The Morgan fingerprint density at radius 1 is 0.963 bits per heavy atom. The molecule has 0 unspecified atom stereocenters. The summed E-state index contributed by atoms with van der Waals surface area (Å²) >= 11 is 0. The number of rotatable bonds is 4. The molecule has 2 aromatic carbocycles. The van der Waals surface area contributed by atoms with Crippen molar-refractivity contribution >= 4 is 17.5 Å². The lowest BCUT2D eigenvalue weighted by Crippen LogP contribution is -2.31. The van der Waals surface area contributed by atoms with E-state index in [2.05, 4.69) is 0 Å². The van der Waals surface area contributed by atoms with Crippen LogP contribution >= 0.6 is 0 Å². The second kappa shape index (κ2) is 6.91. The van der Waals surface area contributed by atoms with Crippen LogP contribution in [0.4, 0.5) is 5.69 Å². The van der Waals surface area contributed by atoms with Crippen LogP contribution in [0.2, 0.25) is 0 Å². The predicted octanol–water partition coefficient (Wildman–Crippen LogP) is 4.19. The molecule has 4 rings (SSSR count). The summed E-state index contributed by atoms with van der Waals surface area (Å²) < 4.78 is 11.1. The average molecular weight is 363 g/mol. The summed E-state index contributed by atoms with van der Waals surface area (Å²) in [5.41, 5.74) is 0.582. The van der Waals surface area contributed by atoms with Gasteiger partial charge < -0.3 is 9.47 Å². The summed E-state index contributed by atoms with van der Waals surface area (Å²) in [4.78, 5) is 26.9. The highest BCUT2D eigenvalue weighted by atomic mass is 16.5. The van der Waals surface area contributed by atoms with E-state index in [1.165, 1.54) is 4.90 Å². The van der Waals surface area contributed by atoms with E-state index in [0.29, 0.717) is 29.4 Å². The minimum atomic E-state index is -0.257. The molecule has 0 spiro atoms. The number of fused-ring (bicyclic) bond motifs is 1. The monoisotopic (exact) mass is 363 g/mol. The van der Waals surface area contributed by atoms with Crippen LogP contribution in [0.3, 0.4) is 0 Å². The first-order valence-electron chi connectivity index (χ1n) is 9.05. The van der Waals surface area contributed by atoms with Gasteiger partial charge in [0.05, 0.1) is 24.6 Å². The van der Waals surface area contributed by atoms with E-state index < -0.39 is 0 Å². The fraction of sp³-hybridized carbons (Fsp3) is 0.273. The summed E-state index contributed by atoms with van der Waals surface area (Å²) in [6, 6.07) is 14.4. The van der Waals surface area contributed by atoms with E-state index in [4.69, 9.17) is 9.47 Å². The van der Waals surface area contributed by atoms with Crippen molar-refractivity contribution in [2.45, 2.75) is 13.3 Å². The second-order valence-corrected chi connectivity index (χ2v) is 6.91. The van der Waals surface area contributed by atoms with Gasteiger partial charge >= 0.3 is 0 Å². The van der Waals surface area contributed by atoms with Crippen molar-refractivity contribution in [2.75, 3.05) is 12.0 Å². The zero-order valence-electron chi connectivity index (χ0n) is 15.3. The van der Waals surface area contributed by atoms with Gasteiger partial charge in [-0.15, -0.1) is 0 Å². The largest absolute Gasteiger partial charge is 0.493 e. The molecule has 1 heterocycles. The number of carbonyl (C=O) groups excluding carboxylic acids is 2. The second-order valence-electron chi connectivity index (χ2n) is 6.91. The highest BCUT2D eigenvalue weighted by Gasteiger charge is 2.50. The Hall–Kier alpha value is -3.08. The van der Waals surface area contributed by atoms with Gasteiger partial charge in [-0.05, 0) is 48.7 Å². The van der Waals surface area contributed by atoms with Crippen LogP contribution in [0.5, 0.6) is 17.2 Å². The van der Waals surface area contributed by atoms with E-state index in [0.717, 1.165) is 0 Å². The predicted molar refractivity (Wildman–Crippen MR) is 102 cm³/mol. The molecule has 2 aromatic rings. The Bertz CT molecular complexity index is 903. The van der Waals surface area contributed by atoms with Gasteiger partial charge in [0.15, 0.2) is 11.5 Å². The number of amides is 2. The Balaban J connectivity index is 1.56. The third-order valence-corrected chi connectivity index (χ3v) is 5.26. The number of allylic oxidation sites excluding steroid dienone is 2. The molecule has 0 radical (unpaired) electrons. The standard InChI is InChI=1S/C22H21NO4/c1-14-6-5-7-17-20(14)22(25)23(21(17)24)15-10-12-16(13-11-15)27-19-9-4-3-8-18(19)26-2/h3-6,8-14,17,20H,7H2,1-2H3/t14-,17+,20-/m0/s1. The smallest absolute Gasteiger partial charge is 0.238 e. The Morgan fingerprint density at radius 2 is 1.67 bits per heavy atom. The summed E-state index contributed by atoms with van der Waals surface area (Å²) in [6.45, 7) is 1.99. The van der Waals surface area contributed by atoms with Crippen LogP contribution in [-0.4, -0.2) is 18.9 Å². The normalized spacial score (nSPS) is 24.1. The molecule has 27 heavy (non-hydrogen) atoms. The minimum Gasteiger partial charge on any atom is -0.493 e. The fourth-order valence-corrected chi connectivity index (χ4v) is 3.90. The third-order valence-electron chi connectivity index (χ3n) is 5.26. The van der Waals surface area contributed by atoms with Gasteiger partial charge in [0.25, 0.3) is 0 Å². The highest BCUT2D eigenvalue weighted by molar-refractivity contribution is 6.22. The zero-order valence-corrected chi connectivity index (χ0v) is 15.3. The summed E-state index contributed by atoms with van der Waals surface area (Å²) in [5.74, 6) is 1.20. The number of ether oxygens (including phenoxy) is 2. The maximum absolute atomic E-state index is 12.8. The molecule has 1 fully saturated rings. The number of methoxy groups -OCH3 is 1. The van der Waals surface area contributed by atoms with E-state index in [9.17, 15) is 9.59 Å². The van der Waals surface area contributed by atoms with Crippen molar-refractivity contribution in [3.05, 3.63) is 60.7 Å². The maximum atomic E-state index is 12.8. The van der Waals surface area contributed by atoms with Crippen molar-refractivity contribution in [3.63, 3.8) is 0 Å².